The van der Waals surface area contributed by atoms with Crippen LogP contribution in [0.1, 0.15) is 18.3 Å². The molecule has 2 N–H and O–H groups in total. The van der Waals surface area contributed by atoms with E-state index in [4.69, 9.17) is 0 Å². The van der Waals surface area contributed by atoms with Gasteiger partial charge in [-0.1, -0.05) is 6.92 Å². The first-order chi connectivity index (χ1) is 8.44. The van der Waals surface area contributed by atoms with E-state index >= 15 is 0 Å². The fraction of sp³-hybridized carbons (Fsp3) is 0.400. The molecule has 0 radical (unpaired) electrons. The lowest BCUT2D eigenvalue weighted by Gasteiger charge is -2.05. The van der Waals surface area contributed by atoms with Gasteiger partial charge in [0.1, 0.15) is 4.90 Å². The smallest absolute Gasteiger partial charge is 0.265 e. The van der Waals surface area contributed by atoms with Crippen molar-refractivity contribution in [2.24, 2.45) is 7.05 Å². The Morgan fingerprint density at radius 3 is 2.78 bits per heavy atom. The van der Waals surface area contributed by atoms with E-state index in [1.165, 1.54) is 6.20 Å². The zero-order chi connectivity index (χ0) is 13.3. The maximum absolute atomic E-state index is 12.2. The summed E-state index contributed by atoms with van der Waals surface area (Å²) in [6.45, 7) is 3.58. The molecule has 0 atom stereocenters. The molecule has 0 saturated heterocycles. The standard InChI is InChI=1S/C10H15N5O2S/c1-4-8-9(6-15(3)13-8)14-18(16,17)10-5-11-12-7(10)2/h5-6,14H,4H2,1-3H3,(H,11,12). The molecule has 8 heteroatoms. The lowest BCUT2D eigenvalue weighted by atomic mass is 10.3. The zero-order valence-corrected chi connectivity index (χ0v) is 11.2. The second kappa shape index (κ2) is 4.45. The molecule has 0 bridgehead atoms. The van der Waals surface area contributed by atoms with Crippen LogP contribution in [0.2, 0.25) is 0 Å². The molecule has 7 nitrogen and oxygen atoms in total. The van der Waals surface area contributed by atoms with Crippen molar-refractivity contribution in [1.29, 1.82) is 0 Å². The Morgan fingerprint density at radius 1 is 1.50 bits per heavy atom. The summed E-state index contributed by atoms with van der Waals surface area (Å²) in [5.74, 6) is 0. The molecular formula is C10H15N5O2S. The summed E-state index contributed by atoms with van der Waals surface area (Å²) in [7, 11) is -1.87. The third kappa shape index (κ3) is 2.23. The summed E-state index contributed by atoms with van der Waals surface area (Å²) in [4.78, 5) is 0.147. The fourth-order valence-corrected chi connectivity index (χ4v) is 2.90. The Bertz CT molecular complexity index is 656. The maximum Gasteiger partial charge on any atom is 0.265 e. The lowest BCUT2D eigenvalue weighted by Crippen LogP contribution is -2.14. The van der Waals surface area contributed by atoms with E-state index < -0.39 is 10.0 Å². The van der Waals surface area contributed by atoms with Crippen molar-refractivity contribution in [1.82, 2.24) is 20.0 Å². The molecule has 2 aromatic rings. The van der Waals surface area contributed by atoms with Crippen molar-refractivity contribution < 1.29 is 8.42 Å². The van der Waals surface area contributed by atoms with E-state index in [1.807, 2.05) is 6.92 Å². The van der Waals surface area contributed by atoms with Crippen molar-refractivity contribution in [3.63, 3.8) is 0 Å². The molecule has 0 aromatic carbocycles. The number of hydrogen-bond donors (Lipinski definition) is 2. The molecule has 0 aliphatic carbocycles. The summed E-state index contributed by atoms with van der Waals surface area (Å²) in [6.07, 6.45) is 3.59. The first-order valence-electron chi connectivity index (χ1n) is 5.49. The highest BCUT2D eigenvalue weighted by Crippen LogP contribution is 2.20. The van der Waals surface area contributed by atoms with Crippen LogP contribution in [0, 0.1) is 6.92 Å². The summed E-state index contributed by atoms with van der Waals surface area (Å²) in [6, 6.07) is 0. The largest absolute Gasteiger partial charge is 0.281 e. The Hall–Kier alpha value is -1.83. The van der Waals surface area contributed by atoms with Crippen LogP contribution in [0.5, 0.6) is 0 Å². The fourth-order valence-electron chi connectivity index (χ4n) is 1.69. The van der Waals surface area contributed by atoms with Crippen molar-refractivity contribution in [2.45, 2.75) is 25.2 Å². The SMILES string of the molecule is CCc1nn(C)cc1NS(=O)(=O)c1cn[nH]c1C. The van der Waals surface area contributed by atoms with Gasteiger partial charge < -0.3 is 0 Å². The number of anilines is 1. The number of aromatic nitrogens is 4. The maximum atomic E-state index is 12.2. The molecule has 2 aromatic heterocycles. The van der Waals surface area contributed by atoms with Gasteiger partial charge in [0.15, 0.2) is 0 Å². The highest BCUT2D eigenvalue weighted by atomic mass is 32.2. The Labute approximate surface area is 105 Å². The highest BCUT2D eigenvalue weighted by Gasteiger charge is 2.20. The van der Waals surface area contributed by atoms with Crippen molar-refractivity contribution in [2.75, 3.05) is 4.72 Å². The highest BCUT2D eigenvalue weighted by molar-refractivity contribution is 7.92. The minimum atomic E-state index is -3.62. The Morgan fingerprint density at radius 2 is 2.22 bits per heavy atom. The van der Waals surface area contributed by atoms with E-state index in [-0.39, 0.29) is 4.90 Å². The van der Waals surface area contributed by atoms with Crippen molar-refractivity contribution in [3.8, 4) is 0 Å². The number of rotatable bonds is 4. The Kier molecular flexibility index (Phi) is 3.12. The van der Waals surface area contributed by atoms with Gasteiger partial charge in [-0.3, -0.25) is 14.5 Å². The summed E-state index contributed by atoms with van der Waals surface area (Å²) >= 11 is 0. The quantitative estimate of drug-likeness (QED) is 0.859. The molecule has 2 heterocycles. The predicted molar refractivity (Wildman–Crippen MR) is 66.7 cm³/mol. The van der Waals surface area contributed by atoms with Crippen LogP contribution in [0.25, 0.3) is 0 Å². The molecule has 0 aliphatic rings. The van der Waals surface area contributed by atoms with E-state index in [9.17, 15) is 8.42 Å². The van der Waals surface area contributed by atoms with Crippen LogP contribution in [-0.4, -0.2) is 28.4 Å². The average Bonchev–Trinajstić information content (AvgIpc) is 2.84. The van der Waals surface area contributed by atoms with E-state index in [0.29, 0.717) is 23.5 Å². The molecule has 0 saturated carbocycles. The van der Waals surface area contributed by atoms with E-state index in [1.54, 1.807) is 24.9 Å². The minimum Gasteiger partial charge on any atom is -0.281 e. The van der Waals surface area contributed by atoms with Crippen LogP contribution in [0.15, 0.2) is 17.3 Å². The molecule has 0 fully saturated rings. The van der Waals surface area contributed by atoms with Gasteiger partial charge in [-0.2, -0.15) is 10.2 Å². The van der Waals surface area contributed by atoms with Crippen LogP contribution < -0.4 is 4.72 Å². The van der Waals surface area contributed by atoms with Gasteiger partial charge in [-0.15, -0.1) is 0 Å². The second-order valence-electron chi connectivity index (χ2n) is 3.98. The number of nitrogens with one attached hydrogen (secondary N) is 2. The van der Waals surface area contributed by atoms with Crippen LogP contribution in [0.3, 0.4) is 0 Å². The van der Waals surface area contributed by atoms with Crippen LogP contribution in [0.4, 0.5) is 5.69 Å². The normalized spacial score (nSPS) is 11.7. The number of aromatic amines is 1. The molecule has 2 rings (SSSR count). The monoisotopic (exact) mass is 269 g/mol. The molecule has 98 valence electrons. The van der Waals surface area contributed by atoms with Crippen LogP contribution >= 0.6 is 0 Å². The molecule has 18 heavy (non-hydrogen) atoms. The summed E-state index contributed by atoms with van der Waals surface area (Å²) in [5, 5.41) is 10.5. The third-order valence-corrected chi connectivity index (χ3v) is 4.04. The predicted octanol–water partition coefficient (Wildman–Crippen LogP) is 0.815. The van der Waals surface area contributed by atoms with Crippen LogP contribution in [-0.2, 0) is 23.5 Å². The molecular weight excluding hydrogens is 254 g/mol. The molecule has 0 unspecified atom stereocenters. The third-order valence-electron chi connectivity index (χ3n) is 2.56. The number of aryl methyl sites for hydroxylation is 3. The van der Waals surface area contributed by atoms with Crippen molar-refractivity contribution >= 4 is 15.7 Å². The Balaban J connectivity index is 2.36. The zero-order valence-electron chi connectivity index (χ0n) is 10.4. The van der Waals surface area contributed by atoms with Gasteiger partial charge in [0.2, 0.25) is 0 Å². The van der Waals surface area contributed by atoms with Crippen molar-refractivity contribution in [3.05, 3.63) is 23.8 Å². The average molecular weight is 269 g/mol. The summed E-state index contributed by atoms with van der Waals surface area (Å²) in [5.41, 5.74) is 1.72. The van der Waals surface area contributed by atoms with Gasteiger partial charge in [-0.05, 0) is 13.3 Å². The molecule has 0 spiro atoms. The minimum absolute atomic E-state index is 0.147. The summed E-state index contributed by atoms with van der Waals surface area (Å²) < 4.78 is 28.4. The van der Waals surface area contributed by atoms with E-state index in [0.717, 1.165) is 0 Å². The second-order valence-corrected chi connectivity index (χ2v) is 5.63. The first kappa shape index (κ1) is 12.6. The van der Waals surface area contributed by atoms with Gasteiger partial charge in [0.05, 0.1) is 23.3 Å². The number of sulfonamides is 1. The van der Waals surface area contributed by atoms with Gasteiger partial charge in [0, 0.05) is 13.2 Å². The lowest BCUT2D eigenvalue weighted by molar-refractivity contribution is 0.600. The van der Waals surface area contributed by atoms with Gasteiger partial charge in [-0.25, -0.2) is 8.42 Å². The molecule has 0 amide bonds. The van der Waals surface area contributed by atoms with Gasteiger partial charge in [0.25, 0.3) is 10.0 Å². The number of nitrogens with zero attached hydrogens (tertiary/aromatic N) is 3. The van der Waals surface area contributed by atoms with E-state index in [2.05, 4.69) is 20.0 Å². The topological polar surface area (TPSA) is 92.7 Å². The number of hydrogen-bond acceptors (Lipinski definition) is 4. The first-order valence-corrected chi connectivity index (χ1v) is 6.97. The van der Waals surface area contributed by atoms with Gasteiger partial charge >= 0.3 is 0 Å². The molecule has 0 aliphatic heterocycles. The number of H-pyrrole nitrogens is 1.